The molecule has 0 saturated heterocycles. The predicted molar refractivity (Wildman–Crippen MR) is 118 cm³/mol. The highest BCUT2D eigenvalue weighted by molar-refractivity contribution is 5.85. The number of esters is 2. The van der Waals surface area contributed by atoms with Crippen molar-refractivity contribution in [1.82, 2.24) is 0 Å². The summed E-state index contributed by atoms with van der Waals surface area (Å²) in [4.78, 5) is 22.4. The van der Waals surface area contributed by atoms with Crippen molar-refractivity contribution in [2.24, 2.45) is 0 Å². The summed E-state index contributed by atoms with van der Waals surface area (Å²) in [5.74, 6) is 0.271. The molecular weight excluding hydrogens is 396 g/mol. The Balaban J connectivity index is 1.72. The Labute approximate surface area is 181 Å². The molecule has 0 spiro atoms. The first-order chi connectivity index (χ1) is 15.1. The number of carbonyl (C=O) groups excluding carboxylic acids is 2. The smallest absolute Gasteiger partial charge is 0.335 e. The molecule has 6 heteroatoms. The molecule has 0 saturated carbocycles. The zero-order valence-electron chi connectivity index (χ0n) is 17.2. The maximum atomic E-state index is 11.3. The van der Waals surface area contributed by atoms with Gasteiger partial charge in [0.05, 0.1) is 13.2 Å². The van der Waals surface area contributed by atoms with Crippen molar-refractivity contribution >= 4 is 23.6 Å². The van der Waals surface area contributed by atoms with Crippen molar-refractivity contribution in [3.63, 3.8) is 0 Å². The standard InChI is InChI=1S/C25H24O6/c1-3-24(26)29-13-5-6-18-7-8-20-15-21(16-28-17-30-23(20)14-18)19-9-11-22(12-10-19)31-25(27)4-2/h3-4,7-12,14-15H,1-2,5-6,13,16-17H2/b21-15+. The van der Waals surface area contributed by atoms with Gasteiger partial charge in [-0.3, -0.25) is 0 Å². The molecule has 31 heavy (non-hydrogen) atoms. The van der Waals surface area contributed by atoms with Gasteiger partial charge in [-0.15, -0.1) is 0 Å². The topological polar surface area (TPSA) is 71.1 Å². The zero-order chi connectivity index (χ0) is 22.1. The van der Waals surface area contributed by atoms with E-state index >= 15 is 0 Å². The minimum absolute atomic E-state index is 0.139. The number of aryl methyl sites for hydroxylation is 1. The fourth-order valence-electron chi connectivity index (χ4n) is 3.03. The lowest BCUT2D eigenvalue weighted by molar-refractivity contribution is -0.137. The van der Waals surface area contributed by atoms with E-state index in [9.17, 15) is 9.59 Å². The third-order valence-corrected chi connectivity index (χ3v) is 4.59. The number of rotatable bonds is 8. The first-order valence-corrected chi connectivity index (χ1v) is 9.87. The number of carbonyl (C=O) groups is 2. The van der Waals surface area contributed by atoms with Crippen molar-refractivity contribution in [3.05, 3.63) is 84.5 Å². The van der Waals surface area contributed by atoms with Crippen molar-refractivity contribution in [3.8, 4) is 11.5 Å². The molecular formula is C25H24O6. The van der Waals surface area contributed by atoms with Gasteiger partial charge in [0.2, 0.25) is 0 Å². The Morgan fingerprint density at radius 1 is 1.03 bits per heavy atom. The van der Waals surface area contributed by atoms with E-state index in [2.05, 4.69) is 13.2 Å². The molecule has 2 aromatic rings. The van der Waals surface area contributed by atoms with Crippen molar-refractivity contribution < 1.29 is 28.5 Å². The van der Waals surface area contributed by atoms with E-state index in [0.29, 0.717) is 25.4 Å². The van der Waals surface area contributed by atoms with E-state index in [1.807, 2.05) is 36.4 Å². The quantitative estimate of drug-likeness (QED) is 0.274. The summed E-state index contributed by atoms with van der Waals surface area (Å²) in [6.07, 6.45) is 5.76. The summed E-state index contributed by atoms with van der Waals surface area (Å²) in [7, 11) is 0. The fraction of sp³-hybridized carbons (Fsp3) is 0.200. The van der Waals surface area contributed by atoms with E-state index in [4.69, 9.17) is 18.9 Å². The molecule has 1 aliphatic heterocycles. The molecule has 0 unspecified atom stereocenters. The second-order valence-corrected chi connectivity index (χ2v) is 6.78. The van der Waals surface area contributed by atoms with Crippen LogP contribution >= 0.6 is 0 Å². The summed E-state index contributed by atoms with van der Waals surface area (Å²) < 4.78 is 21.5. The Morgan fingerprint density at radius 3 is 2.55 bits per heavy atom. The number of fused-ring (bicyclic) bond motifs is 1. The minimum atomic E-state index is -0.498. The van der Waals surface area contributed by atoms with Crippen LogP contribution in [0.2, 0.25) is 0 Å². The van der Waals surface area contributed by atoms with E-state index in [0.717, 1.165) is 46.6 Å². The molecule has 0 N–H and O–H groups in total. The van der Waals surface area contributed by atoms with Gasteiger partial charge in [0.25, 0.3) is 0 Å². The lowest BCUT2D eigenvalue weighted by Gasteiger charge is -2.17. The molecule has 1 aliphatic rings. The molecule has 0 bridgehead atoms. The Kier molecular flexibility index (Phi) is 7.79. The molecule has 2 aromatic carbocycles. The van der Waals surface area contributed by atoms with Crippen LogP contribution in [0.3, 0.4) is 0 Å². The lowest BCUT2D eigenvalue weighted by atomic mass is 10.0. The van der Waals surface area contributed by atoms with Crippen LogP contribution in [-0.2, 0) is 25.5 Å². The van der Waals surface area contributed by atoms with Crippen LogP contribution in [-0.4, -0.2) is 31.9 Å². The van der Waals surface area contributed by atoms with Crippen molar-refractivity contribution in [2.75, 3.05) is 20.0 Å². The van der Waals surface area contributed by atoms with Gasteiger partial charge < -0.3 is 18.9 Å². The lowest BCUT2D eigenvalue weighted by Crippen LogP contribution is -2.09. The molecule has 0 aromatic heterocycles. The fourth-order valence-corrected chi connectivity index (χ4v) is 3.03. The van der Waals surface area contributed by atoms with Crippen LogP contribution in [0.15, 0.2) is 67.8 Å². The predicted octanol–water partition coefficient (Wildman–Crippen LogP) is 4.35. The average Bonchev–Trinajstić information content (AvgIpc) is 2.78. The highest BCUT2D eigenvalue weighted by Crippen LogP contribution is 2.29. The van der Waals surface area contributed by atoms with Gasteiger partial charge in [-0.2, -0.15) is 0 Å². The molecule has 0 fully saturated rings. The number of ether oxygens (including phenoxy) is 4. The molecule has 3 rings (SSSR count). The largest absolute Gasteiger partial charge is 0.467 e. The van der Waals surface area contributed by atoms with Crippen LogP contribution in [0.1, 0.15) is 23.1 Å². The Morgan fingerprint density at radius 2 is 1.81 bits per heavy atom. The van der Waals surface area contributed by atoms with Crippen LogP contribution < -0.4 is 9.47 Å². The molecule has 160 valence electrons. The third kappa shape index (κ3) is 6.42. The Bertz CT molecular complexity index is 988. The van der Waals surface area contributed by atoms with E-state index in [-0.39, 0.29) is 6.79 Å². The van der Waals surface area contributed by atoms with E-state index < -0.39 is 11.9 Å². The molecule has 0 radical (unpaired) electrons. The van der Waals surface area contributed by atoms with Crippen molar-refractivity contribution in [1.29, 1.82) is 0 Å². The highest BCUT2D eigenvalue weighted by Gasteiger charge is 2.12. The number of hydrogen-bond donors (Lipinski definition) is 0. The normalized spacial score (nSPS) is 14.5. The molecule has 6 nitrogen and oxygen atoms in total. The zero-order valence-corrected chi connectivity index (χ0v) is 17.2. The average molecular weight is 420 g/mol. The van der Waals surface area contributed by atoms with Crippen molar-refractivity contribution in [2.45, 2.75) is 12.8 Å². The van der Waals surface area contributed by atoms with Crippen LogP contribution in [0.25, 0.3) is 11.6 Å². The first kappa shape index (κ1) is 22.1. The van der Waals surface area contributed by atoms with E-state index in [1.165, 1.54) is 0 Å². The summed E-state index contributed by atoms with van der Waals surface area (Å²) in [5.41, 5.74) is 3.97. The van der Waals surface area contributed by atoms with Gasteiger partial charge in [-0.1, -0.05) is 37.4 Å². The number of hydrogen-bond acceptors (Lipinski definition) is 6. The highest BCUT2D eigenvalue weighted by atomic mass is 16.7. The maximum absolute atomic E-state index is 11.3. The summed E-state index contributed by atoms with van der Waals surface area (Å²) in [5, 5.41) is 0. The summed E-state index contributed by atoms with van der Waals surface area (Å²) >= 11 is 0. The Hall–Kier alpha value is -3.64. The maximum Gasteiger partial charge on any atom is 0.335 e. The van der Waals surface area contributed by atoms with E-state index in [1.54, 1.807) is 12.1 Å². The first-order valence-electron chi connectivity index (χ1n) is 9.87. The van der Waals surface area contributed by atoms with Gasteiger partial charge in [-0.05, 0) is 53.8 Å². The van der Waals surface area contributed by atoms with Crippen LogP contribution in [0.4, 0.5) is 0 Å². The van der Waals surface area contributed by atoms with Gasteiger partial charge >= 0.3 is 11.9 Å². The second kappa shape index (κ2) is 10.9. The number of benzene rings is 2. The van der Waals surface area contributed by atoms with Gasteiger partial charge in [0.1, 0.15) is 11.5 Å². The molecule has 0 aliphatic carbocycles. The van der Waals surface area contributed by atoms with Gasteiger partial charge in [-0.25, -0.2) is 9.59 Å². The molecule has 1 heterocycles. The SMILES string of the molecule is C=CC(=O)OCCCc1ccc2c(c1)OCOC/C(c1ccc(OC(=O)C=C)cc1)=C\2. The van der Waals surface area contributed by atoms with Gasteiger partial charge in [0.15, 0.2) is 6.79 Å². The molecule has 0 atom stereocenters. The third-order valence-electron chi connectivity index (χ3n) is 4.59. The van der Waals surface area contributed by atoms with Gasteiger partial charge in [0, 0.05) is 17.7 Å². The monoisotopic (exact) mass is 420 g/mol. The minimum Gasteiger partial charge on any atom is -0.467 e. The second-order valence-electron chi connectivity index (χ2n) is 6.78. The summed E-state index contributed by atoms with van der Waals surface area (Å²) in [6.45, 7) is 7.64. The van der Waals surface area contributed by atoms with Crippen LogP contribution in [0.5, 0.6) is 11.5 Å². The molecule has 0 amide bonds. The summed E-state index contributed by atoms with van der Waals surface area (Å²) in [6, 6.07) is 13.2. The van der Waals surface area contributed by atoms with Crippen LogP contribution in [0, 0.1) is 0 Å².